The molecular weight excluding hydrogens is 276 g/mol. The van der Waals surface area contributed by atoms with Crippen molar-refractivity contribution in [3.63, 3.8) is 0 Å². The fraction of sp³-hybridized carbons (Fsp3) is 0.625. The minimum Gasteiger partial charge on any atom is -0.393 e. The summed E-state index contributed by atoms with van der Waals surface area (Å²) in [6, 6.07) is 3.87. The molecule has 1 saturated carbocycles. The van der Waals surface area contributed by atoms with Crippen molar-refractivity contribution in [1.82, 2.24) is 5.32 Å². The number of nitrogens with one attached hydrogen (secondary N) is 1. The van der Waals surface area contributed by atoms with E-state index in [1.54, 1.807) is 0 Å². The lowest BCUT2D eigenvalue weighted by Gasteiger charge is -2.40. The lowest BCUT2D eigenvalue weighted by atomic mass is 9.74. The fourth-order valence-electron chi connectivity index (χ4n) is 3.25. The Balaban J connectivity index is 1.77. The first-order valence-electron chi connectivity index (χ1n) is 7.60. The molecule has 1 heterocycles. The number of hydrogen-bond acceptors (Lipinski definition) is 3. The molecule has 21 heavy (non-hydrogen) atoms. The third-order valence-electron chi connectivity index (χ3n) is 4.56. The van der Waals surface area contributed by atoms with Crippen molar-refractivity contribution in [1.29, 1.82) is 0 Å². The molecule has 1 unspecified atom stereocenters. The van der Waals surface area contributed by atoms with Crippen LogP contribution in [-0.2, 0) is 4.74 Å². The molecule has 2 fully saturated rings. The van der Waals surface area contributed by atoms with Gasteiger partial charge in [0.2, 0.25) is 0 Å². The van der Waals surface area contributed by atoms with Gasteiger partial charge in [-0.25, -0.2) is 8.78 Å². The van der Waals surface area contributed by atoms with Crippen molar-refractivity contribution < 1.29 is 18.6 Å². The van der Waals surface area contributed by atoms with E-state index >= 15 is 0 Å². The van der Waals surface area contributed by atoms with Crippen molar-refractivity contribution in [3.05, 3.63) is 35.4 Å². The Kier molecular flexibility index (Phi) is 4.52. The Hall–Kier alpha value is -1.04. The fourth-order valence-corrected chi connectivity index (χ4v) is 3.25. The van der Waals surface area contributed by atoms with Gasteiger partial charge < -0.3 is 15.2 Å². The van der Waals surface area contributed by atoms with Gasteiger partial charge in [-0.3, -0.25) is 0 Å². The maximum absolute atomic E-state index is 14.1. The van der Waals surface area contributed by atoms with Gasteiger partial charge in [0.15, 0.2) is 0 Å². The van der Waals surface area contributed by atoms with Crippen LogP contribution in [0.4, 0.5) is 8.78 Å². The highest BCUT2D eigenvalue weighted by Crippen LogP contribution is 2.39. The zero-order valence-electron chi connectivity index (χ0n) is 11.9. The number of halogens is 2. The molecule has 2 N–H and O–H groups in total. The van der Waals surface area contributed by atoms with Crippen molar-refractivity contribution in [3.8, 4) is 0 Å². The number of aliphatic hydroxyl groups excluding tert-OH is 1. The molecule has 1 saturated heterocycles. The number of aliphatic hydroxyl groups is 1. The lowest BCUT2D eigenvalue weighted by molar-refractivity contribution is 0.0139. The van der Waals surface area contributed by atoms with Gasteiger partial charge in [-0.05, 0) is 37.7 Å². The van der Waals surface area contributed by atoms with Crippen LogP contribution in [-0.4, -0.2) is 30.5 Å². The molecule has 1 aliphatic heterocycles. The SMILES string of the molecule is OC1CC(C(NC2CCOCC2)c2ccc(F)cc2F)C1. The second-order valence-electron chi connectivity index (χ2n) is 6.08. The molecule has 0 radical (unpaired) electrons. The molecule has 2 aliphatic rings. The van der Waals surface area contributed by atoms with Crippen molar-refractivity contribution >= 4 is 0 Å². The summed E-state index contributed by atoms with van der Waals surface area (Å²) in [5, 5.41) is 13.0. The van der Waals surface area contributed by atoms with E-state index in [2.05, 4.69) is 5.32 Å². The van der Waals surface area contributed by atoms with Gasteiger partial charge >= 0.3 is 0 Å². The predicted molar refractivity (Wildman–Crippen MR) is 74.8 cm³/mol. The van der Waals surface area contributed by atoms with Crippen LogP contribution in [0, 0.1) is 17.6 Å². The first-order valence-corrected chi connectivity index (χ1v) is 7.60. The number of ether oxygens (including phenoxy) is 1. The van der Waals surface area contributed by atoms with E-state index in [1.165, 1.54) is 12.1 Å². The smallest absolute Gasteiger partial charge is 0.130 e. The molecular formula is C16H21F2NO2. The van der Waals surface area contributed by atoms with Gasteiger partial charge in [-0.15, -0.1) is 0 Å². The Morgan fingerprint density at radius 1 is 1.19 bits per heavy atom. The third-order valence-corrected chi connectivity index (χ3v) is 4.56. The summed E-state index contributed by atoms with van der Waals surface area (Å²) >= 11 is 0. The topological polar surface area (TPSA) is 41.5 Å². The highest BCUT2D eigenvalue weighted by Gasteiger charge is 2.37. The van der Waals surface area contributed by atoms with E-state index in [0.717, 1.165) is 18.9 Å². The zero-order valence-corrected chi connectivity index (χ0v) is 11.9. The van der Waals surface area contributed by atoms with E-state index in [9.17, 15) is 13.9 Å². The summed E-state index contributed by atoms with van der Waals surface area (Å²) in [6.07, 6.45) is 2.83. The second kappa shape index (κ2) is 6.38. The average molecular weight is 297 g/mol. The summed E-state index contributed by atoms with van der Waals surface area (Å²) in [5.74, 6) is -0.876. The highest BCUT2D eigenvalue weighted by molar-refractivity contribution is 5.24. The minimum absolute atomic E-state index is 0.169. The summed E-state index contributed by atoms with van der Waals surface area (Å²) in [5.41, 5.74) is 0.500. The molecule has 1 aliphatic carbocycles. The van der Waals surface area contributed by atoms with Crippen LogP contribution in [0.1, 0.15) is 37.3 Å². The highest BCUT2D eigenvalue weighted by atomic mass is 19.1. The molecule has 1 atom stereocenters. The molecule has 0 spiro atoms. The summed E-state index contributed by atoms with van der Waals surface area (Å²) < 4.78 is 32.6. The van der Waals surface area contributed by atoms with Crippen LogP contribution in [0.3, 0.4) is 0 Å². The lowest BCUT2D eigenvalue weighted by Crippen LogP contribution is -2.45. The van der Waals surface area contributed by atoms with E-state index in [-0.39, 0.29) is 24.1 Å². The van der Waals surface area contributed by atoms with E-state index in [0.29, 0.717) is 31.6 Å². The van der Waals surface area contributed by atoms with Crippen LogP contribution in [0.2, 0.25) is 0 Å². The van der Waals surface area contributed by atoms with Crippen LogP contribution in [0.5, 0.6) is 0 Å². The Morgan fingerprint density at radius 2 is 1.90 bits per heavy atom. The quantitative estimate of drug-likeness (QED) is 0.897. The monoisotopic (exact) mass is 297 g/mol. The van der Waals surface area contributed by atoms with Crippen molar-refractivity contribution in [2.75, 3.05) is 13.2 Å². The second-order valence-corrected chi connectivity index (χ2v) is 6.08. The largest absolute Gasteiger partial charge is 0.393 e. The molecule has 0 amide bonds. The van der Waals surface area contributed by atoms with E-state index in [4.69, 9.17) is 4.74 Å². The molecule has 0 bridgehead atoms. The van der Waals surface area contributed by atoms with Gasteiger partial charge in [-0.1, -0.05) is 6.07 Å². The molecule has 5 heteroatoms. The van der Waals surface area contributed by atoms with Crippen molar-refractivity contribution in [2.45, 2.75) is 43.9 Å². The zero-order chi connectivity index (χ0) is 14.8. The van der Waals surface area contributed by atoms with Crippen LogP contribution < -0.4 is 5.32 Å². The van der Waals surface area contributed by atoms with Gasteiger partial charge in [0, 0.05) is 36.9 Å². The predicted octanol–water partition coefficient (Wildman–Crippen LogP) is 2.55. The van der Waals surface area contributed by atoms with Gasteiger partial charge in [0.05, 0.1) is 6.10 Å². The average Bonchev–Trinajstić information content (AvgIpc) is 2.43. The first kappa shape index (κ1) is 14.9. The Labute approximate surface area is 123 Å². The van der Waals surface area contributed by atoms with Crippen molar-refractivity contribution in [2.24, 2.45) is 5.92 Å². The van der Waals surface area contributed by atoms with Gasteiger partial charge in [0.25, 0.3) is 0 Å². The standard InChI is InChI=1S/C16H21F2NO2/c17-11-1-2-14(15(18)9-11)16(10-7-13(20)8-10)19-12-3-5-21-6-4-12/h1-2,9-10,12-13,16,19-20H,3-8H2. The van der Waals surface area contributed by atoms with Gasteiger partial charge in [0.1, 0.15) is 11.6 Å². The normalized spacial score (nSPS) is 28.1. The summed E-state index contributed by atoms with van der Waals surface area (Å²) in [6.45, 7) is 1.42. The summed E-state index contributed by atoms with van der Waals surface area (Å²) in [4.78, 5) is 0. The van der Waals surface area contributed by atoms with E-state index < -0.39 is 11.6 Å². The first-order chi connectivity index (χ1) is 10.1. The molecule has 116 valence electrons. The molecule has 3 nitrogen and oxygen atoms in total. The maximum Gasteiger partial charge on any atom is 0.130 e. The Morgan fingerprint density at radius 3 is 2.52 bits per heavy atom. The summed E-state index contributed by atoms with van der Waals surface area (Å²) in [7, 11) is 0. The van der Waals surface area contributed by atoms with Crippen LogP contribution >= 0.6 is 0 Å². The molecule has 3 rings (SSSR count). The van der Waals surface area contributed by atoms with E-state index in [1.807, 2.05) is 0 Å². The molecule has 0 aromatic heterocycles. The van der Waals surface area contributed by atoms with Gasteiger partial charge in [-0.2, -0.15) is 0 Å². The molecule has 1 aromatic carbocycles. The molecule has 1 aromatic rings. The van der Waals surface area contributed by atoms with Crippen LogP contribution in [0.15, 0.2) is 18.2 Å². The number of rotatable bonds is 4. The minimum atomic E-state index is -0.560. The number of hydrogen-bond donors (Lipinski definition) is 2. The third kappa shape index (κ3) is 3.42. The Bertz CT molecular complexity index is 485. The number of benzene rings is 1. The maximum atomic E-state index is 14.1. The van der Waals surface area contributed by atoms with Crippen LogP contribution in [0.25, 0.3) is 0 Å².